The molecule has 1 aromatic carbocycles. The first-order valence-electron chi connectivity index (χ1n) is 8.18. The van der Waals surface area contributed by atoms with Crippen LogP contribution in [-0.4, -0.2) is 22.6 Å². The van der Waals surface area contributed by atoms with Gasteiger partial charge in [-0.3, -0.25) is 4.90 Å². The molecular formula is C18H25FN2. The van der Waals surface area contributed by atoms with Gasteiger partial charge >= 0.3 is 0 Å². The summed E-state index contributed by atoms with van der Waals surface area (Å²) in [6.07, 6.45) is 3.64. The molecule has 21 heavy (non-hydrogen) atoms. The van der Waals surface area contributed by atoms with Crippen LogP contribution in [0.2, 0.25) is 0 Å². The molecule has 1 aromatic heterocycles. The molecule has 1 atom stereocenters. The minimum Gasteiger partial charge on any atom is -0.347 e. The zero-order valence-corrected chi connectivity index (χ0v) is 13.5. The summed E-state index contributed by atoms with van der Waals surface area (Å²) in [6, 6.07) is 4.32. The van der Waals surface area contributed by atoms with Crippen LogP contribution in [0.4, 0.5) is 4.39 Å². The first kappa shape index (κ1) is 14.6. The van der Waals surface area contributed by atoms with E-state index in [-0.39, 0.29) is 5.82 Å². The van der Waals surface area contributed by atoms with Crippen molar-refractivity contribution in [2.24, 2.45) is 7.05 Å². The standard InChI is InChI=1S/C16H19FN2.C2H6/c1-10-8-11-15(9-12(10)17)18(2)13-5-7-19-6-3-4-14(19)16(11)13;1-2/h8-9,14H,3-7H2,1-2H3;1-2H3. The third-order valence-corrected chi connectivity index (χ3v) is 4.98. The molecule has 2 nitrogen and oxygen atoms in total. The van der Waals surface area contributed by atoms with Crippen LogP contribution in [0.3, 0.4) is 0 Å². The van der Waals surface area contributed by atoms with Crippen molar-refractivity contribution in [3.8, 4) is 0 Å². The van der Waals surface area contributed by atoms with Crippen molar-refractivity contribution in [1.29, 1.82) is 0 Å². The maximum atomic E-state index is 13.8. The van der Waals surface area contributed by atoms with E-state index in [9.17, 15) is 4.39 Å². The molecule has 2 aliphatic heterocycles. The lowest BCUT2D eigenvalue weighted by molar-refractivity contribution is 0.242. The Balaban J connectivity index is 0.000000636. The molecule has 0 amide bonds. The fraction of sp³-hybridized carbons (Fsp3) is 0.556. The zero-order valence-electron chi connectivity index (χ0n) is 13.5. The summed E-state index contributed by atoms with van der Waals surface area (Å²) in [5.74, 6) is -0.0891. The number of benzene rings is 1. The van der Waals surface area contributed by atoms with Gasteiger partial charge < -0.3 is 4.57 Å². The first-order chi connectivity index (χ1) is 10.2. The molecule has 3 heteroatoms. The molecule has 114 valence electrons. The van der Waals surface area contributed by atoms with Gasteiger partial charge in [0.05, 0.1) is 5.52 Å². The Morgan fingerprint density at radius 3 is 2.71 bits per heavy atom. The number of fused-ring (bicyclic) bond motifs is 5. The highest BCUT2D eigenvalue weighted by Gasteiger charge is 2.34. The van der Waals surface area contributed by atoms with E-state index < -0.39 is 0 Å². The Morgan fingerprint density at radius 2 is 1.95 bits per heavy atom. The predicted molar refractivity (Wildman–Crippen MR) is 86.2 cm³/mol. The van der Waals surface area contributed by atoms with E-state index in [4.69, 9.17) is 0 Å². The minimum absolute atomic E-state index is 0.0891. The smallest absolute Gasteiger partial charge is 0.128 e. The van der Waals surface area contributed by atoms with Crippen LogP contribution in [-0.2, 0) is 13.5 Å². The number of aromatic nitrogens is 1. The van der Waals surface area contributed by atoms with Crippen LogP contribution >= 0.6 is 0 Å². The molecule has 2 aromatic rings. The van der Waals surface area contributed by atoms with Gasteiger partial charge in [0, 0.05) is 37.1 Å². The second-order valence-electron chi connectivity index (χ2n) is 5.98. The van der Waals surface area contributed by atoms with E-state index in [1.54, 1.807) is 6.07 Å². The van der Waals surface area contributed by atoms with Crippen molar-refractivity contribution in [1.82, 2.24) is 9.47 Å². The molecule has 0 aliphatic carbocycles. The van der Waals surface area contributed by atoms with Gasteiger partial charge in [-0.25, -0.2) is 4.39 Å². The normalized spacial score (nSPS) is 20.9. The van der Waals surface area contributed by atoms with Crippen molar-refractivity contribution in [2.75, 3.05) is 13.1 Å². The lowest BCUT2D eigenvalue weighted by Gasteiger charge is -2.30. The van der Waals surface area contributed by atoms with Crippen molar-refractivity contribution >= 4 is 10.9 Å². The summed E-state index contributed by atoms with van der Waals surface area (Å²) in [5, 5.41) is 1.27. The van der Waals surface area contributed by atoms with Crippen LogP contribution in [0, 0.1) is 12.7 Å². The first-order valence-corrected chi connectivity index (χ1v) is 8.18. The molecule has 1 fully saturated rings. The number of nitrogens with zero attached hydrogens (tertiary/aromatic N) is 2. The quantitative estimate of drug-likeness (QED) is 0.700. The molecule has 2 aliphatic rings. The molecule has 4 rings (SSSR count). The molecule has 0 bridgehead atoms. The minimum atomic E-state index is -0.0891. The highest BCUT2D eigenvalue weighted by Crippen LogP contribution is 2.42. The fourth-order valence-electron chi connectivity index (χ4n) is 3.99. The Labute approximate surface area is 126 Å². The number of rotatable bonds is 0. The molecular weight excluding hydrogens is 263 g/mol. The number of halogens is 1. The Morgan fingerprint density at radius 1 is 1.19 bits per heavy atom. The summed E-state index contributed by atoms with van der Waals surface area (Å²) in [4.78, 5) is 2.60. The largest absolute Gasteiger partial charge is 0.347 e. The van der Waals surface area contributed by atoms with Crippen molar-refractivity contribution < 1.29 is 4.39 Å². The van der Waals surface area contributed by atoms with Crippen LogP contribution in [0.5, 0.6) is 0 Å². The van der Waals surface area contributed by atoms with Crippen molar-refractivity contribution in [3.05, 3.63) is 34.8 Å². The SMILES string of the molecule is CC.Cc1cc2c3c(n(C)c2cc1F)CCN1CCCC31. The third kappa shape index (κ3) is 2.10. The zero-order chi connectivity index (χ0) is 15.1. The lowest BCUT2D eigenvalue weighted by atomic mass is 9.95. The van der Waals surface area contributed by atoms with Gasteiger partial charge in [-0.2, -0.15) is 0 Å². The third-order valence-electron chi connectivity index (χ3n) is 4.98. The molecule has 0 spiro atoms. The maximum Gasteiger partial charge on any atom is 0.128 e. The molecule has 0 saturated carbocycles. The highest BCUT2D eigenvalue weighted by atomic mass is 19.1. The maximum absolute atomic E-state index is 13.8. The van der Waals surface area contributed by atoms with Crippen LogP contribution in [0.1, 0.15) is 49.6 Å². The van der Waals surface area contributed by atoms with E-state index in [1.807, 2.05) is 26.8 Å². The molecule has 0 N–H and O–H groups in total. The highest BCUT2D eigenvalue weighted by molar-refractivity contribution is 5.87. The van der Waals surface area contributed by atoms with E-state index in [0.717, 1.165) is 24.0 Å². The summed E-state index contributed by atoms with van der Waals surface area (Å²) in [7, 11) is 2.08. The molecule has 3 heterocycles. The number of hydrogen-bond donors (Lipinski definition) is 0. The topological polar surface area (TPSA) is 8.17 Å². The average Bonchev–Trinajstić information content (AvgIpc) is 3.07. The van der Waals surface area contributed by atoms with Crippen LogP contribution in [0.25, 0.3) is 10.9 Å². The summed E-state index contributed by atoms with van der Waals surface area (Å²) >= 11 is 0. The summed E-state index contributed by atoms with van der Waals surface area (Å²) in [6.45, 7) is 8.24. The Hall–Kier alpha value is -1.35. The molecule has 1 saturated heterocycles. The van der Waals surface area contributed by atoms with E-state index in [2.05, 4.69) is 16.5 Å². The van der Waals surface area contributed by atoms with Crippen LogP contribution < -0.4 is 0 Å². The second kappa shape index (κ2) is 5.45. The van der Waals surface area contributed by atoms with E-state index in [0.29, 0.717) is 6.04 Å². The van der Waals surface area contributed by atoms with Gasteiger partial charge in [-0.15, -0.1) is 0 Å². The Kier molecular flexibility index (Phi) is 3.78. The molecule has 0 radical (unpaired) electrons. The predicted octanol–water partition coefficient (Wildman–Crippen LogP) is 4.35. The van der Waals surface area contributed by atoms with Crippen molar-refractivity contribution in [2.45, 2.75) is 46.1 Å². The van der Waals surface area contributed by atoms with E-state index >= 15 is 0 Å². The van der Waals surface area contributed by atoms with Gasteiger partial charge in [-0.05, 0) is 49.6 Å². The number of hydrogen-bond acceptors (Lipinski definition) is 1. The average molecular weight is 288 g/mol. The lowest BCUT2D eigenvalue weighted by Crippen LogP contribution is -2.31. The van der Waals surface area contributed by atoms with Crippen LogP contribution in [0.15, 0.2) is 12.1 Å². The van der Waals surface area contributed by atoms with Gasteiger partial charge in [0.1, 0.15) is 5.82 Å². The van der Waals surface area contributed by atoms with Crippen molar-refractivity contribution in [3.63, 3.8) is 0 Å². The monoisotopic (exact) mass is 288 g/mol. The van der Waals surface area contributed by atoms with E-state index in [1.165, 1.54) is 36.0 Å². The summed E-state index contributed by atoms with van der Waals surface area (Å²) in [5.41, 5.74) is 4.71. The fourth-order valence-corrected chi connectivity index (χ4v) is 3.99. The Bertz CT molecular complexity index is 672. The van der Waals surface area contributed by atoms with Gasteiger partial charge in [-0.1, -0.05) is 13.8 Å². The molecule has 1 unspecified atom stereocenters. The summed E-state index contributed by atoms with van der Waals surface area (Å²) < 4.78 is 16.0. The van der Waals surface area contributed by atoms with Gasteiger partial charge in [0.2, 0.25) is 0 Å². The van der Waals surface area contributed by atoms with Gasteiger partial charge in [0.15, 0.2) is 0 Å². The number of aryl methyl sites for hydroxylation is 2. The van der Waals surface area contributed by atoms with Gasteiger partial charge in [0.25, 0.3) is 0 Å². The second-order valence-corrected chi connectivity index (χ2v) is 5.98.